The van der Waals surface area contributed by atoms with Crippen LogP contribution in [0.4, 0.5) is 9.59 Å². The number of hydrogen-bond donors (Lipinski definition) is 0. The molecule has 2 unspecified atom stereocenters. The second kappa shape index (κ2) is 9.22. The Morgan fingerprint density at radius 2 is 1.22 bits per heavy atom. The van der Waals surface area contributed by atoms with E-state index in [9.17, 15) is 28.8 Å². The van der Waals surface area contributed by atoms with E-state index in [1.807, 2.05) is 0 Å². The Kier molecular flexibility index (Phi) is 7.25. The van der Waals surface area contributed by atoms with Crippen LogP contribution in [0.1, 0.15) is 20.3 Å². The molecule has 0 aromatic rings. The van der Waals surface area contributed by atoms with Crippen LogP contribution in [0.5, 0.6) is 0 Å². The first-order chi connectivity index (χ1) is 12.8. The Hall–Kier alpha value is -2.08. The number of imide groups is 2. The molecule has 2 aliphatic heterocycles. The highest BCUT2D eigenvalue weighted by Crippen LogP contribution is 2.29. The molecule has 2 heterocycles. The first kappa shape index (κ1) is 21.2. The Bertz CT molecular complexity index is 595. The summed E-state index contributed by atoms with van der Waals surface area (Å²) in [5.41, 5.74) is 0. The molecule has 0 radical (unpaired) electrons. The molecule has 0 bridgehead atoms. The van der Waals surface area contributed by atoms with E-state index in [0.717, 1.165) is 23.5 Å². The van der Waals surface area contributed by atoms with Gasteiger partial charge in [0.05, 0.1) is 24.7 Å². The fourth-order valence-electron chi connectivity index (χ4n) is 2.63. The zero-order valence-electron chi connectivity index (χ0n) is 14.7. The third-order valence-electron chi connectivity index (χ3n) is 3.76. The summed E-state index contributed by atoms with van der Waals surface area (Å²) in [6, 6.07) is -2.89. The number of carbonyl (C=O) groups excluding carboxylic acids is 6. The number of ether oxygens (including phenoxy) is 2. The standard InChI is InChI=1S/C15H18N2O8S2/c1-3-24-12(20)8(16-10(18)6-26-14(16)22)5-9(13(21)25-4-2)17-11(19)7-27-15(17)23/h8-9H,3-7H2,1-2H3. The van der Waals surface area contributed by atoms with Gasteiger partial charge in [-0.25, -0.2) is 9.59 Å². The molecule has 0 saturated carbocycles. The molecule has 2 atom stereocenters. The van der Waals surface area contributed by atoms with Crippen LogP contribution < -0.4 is 0 Å². The molecule has 0 aromatic heterocycles. The van der Waals surface area contributed by atoms with Gasteiger partial charge in [0.2, 0.25) is 11.8 Å². The van der Waals surface area contributed by atoms with Crippen LogP contribution in [0.15, 0.2) is 0 Å². The predicted molar refractivity (Wildman–Crippen MR) is 94.9 cm³/mol. The van der Waals surface area contributed by atoms with Gasteiger partial charge in [0.25, 0.3) is 10.5 Å². The van der Waals surface area contributed by atoms with E-state index in [2.05, 4.69) is 0 Å². The van der Waals surface area contributed by atoms with Crippen molar-refractivity contribution in [2.75, 3.05) is 24.7 Å². The summed E-state index contributed by atoms with van der Waals surface area (Å²) in [6.45, 7) is 3.06. The van der Waals surface area contributed by atoms with E-state index < -0.39 is 52.7 Å². The van der Waals surface area contributed by atoms with Crippen LogP contribution >= 0.6 is 23.5 Å². The minimum Gasteiger partial charge on any atom is -0.464 e. The first-order valence-electron chi connectivity index (χ1n) is 8.12. The lowest BCUT2D eigenvalue weighted by atomic mass is 10.0. The van der Waals surface area contributed by atoms with Gasteiger partial charge in [-0.3, -0.25) is 29.0 Å². The molecule has 27 heavy (non-hydrogen) atoms. The highest BCUT2D eigenvalue weighted by molar-refractivity contribution is 8.15. The van der Waals surface area contributed by atoms with Crippen molar-refractivity contribution in [3.05, 3.63) is 0 Å². The number of esters is 2. The molecule has 0 spiro atoms. The minimum atomic E-state index is -1.44. The largest absolute Gasteiger partial charge is 0.464 e. The zero-order valence-corrected chi connectivity index (χ0v) is 16.3. The van der Waals surface area contributed by atoms with Gasteiger partial charge in [-0.2, -0.15) is 0 Å². The van der Waals surface area contributed by atoms with Crippen LogP contribution in [-0.4, -0.2) is 80.8 Å². The molecule has 2 rings (SSSR count). The fraction of sp³-hybridized carbons (Fsp3) is 0.600. The Balaban J connectivity index is 2.36. The first-order valence-corrected chi connectivity index (χ1v) is 10.1. The van der Waals surface area contributed by atoms with Crippen molar-refractivity contribution in [1.29, 1.82) is 0 Å². The van der Waals surface area contributed by atoms with Crippen LogP contribution in [0, 0.1) is 0 Å². The van der Waals surface area contributed by atoms with E-state index in [4.69, 9.17) is 9.47 Å². The second-order valence-electron chi connectivity index (χ2n) is 5.41. The molecule has 148 valence electrons. The van der Waals surface area contributed by atoms with E-state index in [0.29, 0.717) is 9.80 Å². The topological polar surface area (TPSA) is 127 Å². The number of hydrogen-bond acceptors (Lipinski definition) is 10. The van der Waals surface area contributed by atoms with Gasteiger partial charge < -0.3 is 9.47 Å². The normalized spacial score (nSPS) is 19.5. The highest BCUT2D eigenvalue weighted by Gasteiger charge is 2.47. The summed E-state index contributed by atoms with van der Waals surface area (Å²) in [7, 11) is 0. The van der Waals surface area contributed by atoms with Gasteiger partial charge in [0, 0.05) is 6.42 Å². The lowest BCUT2D eigenvalue weighted by Crippen LogP contribution is -2.53. The van der Waals surface area contributed by atoms with Crippen molar-refractivity contribution in [1.82, 2.24) is 9.80 Å². The minimum absolute atomic E-state index is 0.0137. The van der Waals surface area contributed by atoms with Crippen molar-refractivity contribution in [2.24, 2.45) is 0 Å². The number of amides is 4. The molecule has 0 aromatic carbocycles. The fourth-order valence-corrected chi connectivity index (χ4v) is 4.14. The average molecular weight is 418 g/mol. The molecule has 2 aliphatic rings. The summed E-state index contributed by atoms with van der Waals surface area (Å²) < 4.78 is 9.86. The number of rotatable bonds is 8. The van der Waals surface area contributed by atoms with Crippen molar-refractivity contribution in [3.63, 3.8) is 0 Å². The molecule has 2 saturated heterocycles. The molecule has 0 N–H and O–H groups in total. The second-order valence-corrected chi connectivity index (χ2v) is 7.26. The summed E-state index contributed by atoms with van der Waals surface area (Å²) in [5.74, 6) is -3.31. The third kappa shape index (κ3) is 4.61. The SMILES string of the molecule is CCOC(=O)C(CC(C(=O)OCC)N1C(=O)CSC1=O)N1C(=O)CSC1=O. The summed E-state index contributed by atoms with van der Waals surface area (Å²) >= 11 is 1.44. The molecule has 2 fully saturated rings. The molecule has 0 aliphatic carbocycles. The van der Waals surface area contributed by atoms with Crippen molar-refractivity contribution in [2.45, 2.75) is 32.4 Å². The van der Waals surface area contributed by atoms with Crippen molar-refractivity contribution < 1.29 is 38.2 Å². The van der Waals surface area contributed by atoms with E-state index >= 15 is 0 Å². The molecule has 4 amide bonds. The monoisotopic (exact) mass is 418 g/mol. The third-order valence-corrected chi connectivity index (χ3v) is 5.43. The van der Waals surface area contributed by atoms with E-state index in [1.54, 1.807) is 13.8 Å². The van der Waals surface area contributed by atoms with Gasteiger partial charge in [-0.15, -0.1) is 0 Å². The quantitative estimate of drug-likeness (QED) is 0.518. The number of nitrogens with zero attached hydrogens (tertiary/aromatic N) is 2. The van der Waals surface area contributed by atoms with Crippen LogP contribution in [0.2, 0.25) is 0 Å². The molecular weight excluding hydrogens is 400 g/mol. The van der Waals surface area contributed by atoms with Crippen molar-refractivity contribution in [3.8, 4) is 0 Å². The maximum atomic E-state index is 12.4. The van der Waals surface area contributed by atoms with E-state index in [-0.39, 0.29) is 24.7 Å². The highest BCUT2D eigenvalue weighted by atomic mass is 32.2. The van der Waals surface area contributed by atoms with Crippen LogP contribution in [0.3, 0.4) is 0 Å². The number of thioether (sulfide) groups is 2. The summed E-state index contributed by atoms with van der Waals surface area (Å²) in [4.78, 5) is 74.5. The van der Waals surface area contributed by atoms with Gasteiger partial charge >= 0.3 is 11.9 Å². The maximum absolute atomic E-state index is 12.4. The van der Waals surface area contributed by atoms with Gasteiger partial charge in [0.15, 0.2) is 0 Å². The van der Waals surface area contributed by atoms with Crippen LogP contribution in [0.25, 0.3) is 0 Å². The lowest BCUT2D eigenvalue weighted by molar-refractivity contribution is -0.157. The molecule has 10 nitrogen and oxygen atoms in total. The van der Waals surface area contributed by atoms with Gasteiger partial charge in [0.1, 0.15) is 12.1 Å². The maximum Gasteiger partial charge on any atom is 0.329 e. The van der Waals surface area contributed by atoms with Crippen LogP contribution in [-0.2, 0) is 28.7 Å². The van der Waals surface area contributed by atoms with Gasteiger partial charge in [-0.05, 0) is 13.8 Å². The Labute approximate surface area is 163 Å². The number of carbonyl (C=O) groups is 6. The molecule has 12 heteroatoms. The smallest absolute Gasteiger partial charge is 0.329 e. The zero-order chi connectivity index (χ0) is 20.1. The average Bonchev–Trinajstić information content (AvgIpc) is 3.12. The lowest BCUT2D eigenvalue weighted by Gasteiger charge is -2.30. The predicted octanol–water partition coefficient (Wildman–Crippen LogP) is 0.631. The Morgan fingerprint density at radius 3 is 1.48 bits per heavy atom. The van der Waals surface area contributed by atoms with Crippen molar-refractivity contribution >= 4 is 57.8 Å². The Morgan fingerprint density at radius 1 is 0.852 bits per heavy atom. The summed E-state index contributed by atoms with van der Waals surface area (Å²) in [6.07, 6.45) is -0.478. The summed E-state index contributed by atoms with van der Waals surface area (Å²) in [5, 5.41) is -1.32. The molecular formula is C15H18N2O8S2. The van der Waals surface area contributed by atoms with Gasteiger partial charge in [-0.1, -0.05) is 23.5 Å². The van der Waals surface area contributed by atoms with E-state index in [1.165, 1.54) is 0 Å².